The van der Waals surface area contributed by atoms with Crippen LogP contribution in [0.3, 0.4) is 0 Å². The number of rotatable bonds is 6. The Bertz CT molecular complexity index is 1040. The zero-order valence-corrected chi connectivity index (χ0v) is 16.9. The van der Waals surface area contributed by atoms with Gasteiger partial charge in [0, 0.05) is 23.7 Å². The quantitative estimate of drug-likeness (QED) is 0.698. The van der Waals surface area contributed by atoms with Crippen LogP contribution in [0.25, 0.3) is 22.3 Å². The number of aromatic nitrogens is 2. The third-order valence-electron chi connectivity index (χ3n) is 4.81. The van der Waals surface area contributed by atoms with Crippen molar-refractivity contribution in [3.8, 4) is 11.3 Å². The predicted octanol–water partition coefficient (Wildman–Crippen LogP) is 4.25. The van der Waals surface area contributed by atoms with Crippen LogP contribution < -0.4 is 10.9 Å². The van der Waals surface area contributed by atoms with Crippen LogP contribution in [0, 0.1) is 5.92 Å². The van der Waals surface area contributed by atoms with Crippen LogP contribution >= 0.6 is 0 Å². The van der Waals surface area contributed by atoms with E-state index in [0.717, 1.165) is 17.5 Å². The van der Waals surface area contributed by atoms with Gasteiger partial charge in [-0.15, -0.1) is 0 Å². The summed E-state index contributed by atoms with van der Waals surface area (Å²) in [6.07, 6.45) is 0.875. The molecule has 1 aromatic heterocycles. The molecule has 0 bridgehead atoms. The van der Waals surface area contributed by atoms with E-state index in [1.54, 1.807) is 28.8 Å². The van der Waals surface area contributed by atoms with Gasteiger partial charge in [-0.1, -0.05) is 45.0 Å². The molecule has 0 aliphatic rings. The fourth-order valence-electron chi connectivity index (χ4n) is 3.12. The molecule has 1 N–H and O–H groups in total. The topological polar surface area (TPSA) is 64.0 Å². The number of hydrogen-bond acceptors (Lipinski definition) is 3. The summed E-state index contributed by atoms with van der Waals surface area (Å²) in [5.74, 6) is 0.229. The summed E-state index contributed by atoms with van der Waals surface area (Å²) in [7, 11) is 0. The number of carbonyl (C=O) groups is 1. The summed E-state index contributed by atoms with van der Waals surface area (Å²) in [6, 6.07) is 14.9. The number of nitrogens with one attached hydrogen (secondary N) is 1. The van der Waals surface area contributed by atoms with Gasteiger partial charge in [-0.2, -0.15) is 0 Å². The molecule has 0 saturated carbocycles. The van der Waals surface area contributed by atoms with E-state index in [4.69, 9.17) is 0 Å². The highest BCUT2D eigenvalue weighted by Gasteiger charge is 2.15. The Morgan fingerprint density at radius 1 is 1.07 bits per heavy atom. The van der Waals surface area contributed by atoms with Gasteiger partial charge in [-0.25, -0.2) is 4.98 Å². The number of nitrogens with zero attached hydrogens (tertiary/aromatic N) is 2. The Kier molecular flexibility index (Phi) is 5.93. The fourth-order valence-corrected chi connectivity index (χ4v) is 3.12. The molecular weight excluding hydrogens is 350 g/mol. The van der Waals surface area contributed by atoms with Gasteiger partial charge in [0.05, 0.1) is 11.0 Å². The molecule has 0 spiro atoms. The summed E-state index contributed by atoms with van der Waals surface area (Å²) < 4.78 is 1.80. The van der Waals surface area contributed by atoms with E-state index in [0.29, 0.717) is 29.3 Å². The summed E-state index contributed by atoms with van der Waals surface area (Å²) in [5, 5.41) is 2.95. The molecule has 28 heavy (non-hydrogen) atoms. The highest BCUT2D eigenvalue weighted by Crippen LogP contribution is 2.19. The Balaban J connectivity index is 2.03. The van der Waals surface area contributed by atoms with E-state index in [9.17, 15) is 9.59 Å². The molecule has 1 amide bonds. The number of carbonyl (C=O) groups excluding carboxylic acids is 1. The van der Waals surface area contributed by atoms with Gasteiger partial charge in [0.25, 0.3) is 11.5 Å². The molecule has 0 saturated heterocycles. The van der Waals surface area contributed by atoms with Gasteiger partial charge in [0.1, 0.15) is 5.69 Å². The second-order valence-corrected chi connectivity index (χ2v) is 7.62. The van der Waals surface area contributed by atoms with Gasteiger partial charge in [-0.3, -0.25) is 9.59 Å². The van der Waals surface area contributed by atoms with Crippen LogP contribution in [0.2, 0.25) is 0 Å². The predicted molar refractivity (Wildman–Crippen MR) is 113 cm³/mol. The lowest BCUT2D eigenvalue weighted by Crippen LogP contribution is -2.31. The largest absolute Gasteiger partial charge is 0.350 e. The number of fused-ring (bicyclic) bond motifs is 1. The van der Waals surface area contributed by atoms with Crippen LogP contribution in [0.4, 0.5) is 0 Å². The lowest BCUT2D eigenvalue weighted by atomic mass is 10.1. The first-order valence-electron chi connectivity index (χ1n) is 9.81. The Morgan fingerprint density at radius 3 is 2.39 bits per heavy atom. The third-order valence-corrected chi connectivity index (χ3v) is 4.81. The van der Waals surface area contributed by atoms with Crippen molar-refractivity contribution in [2.75, 3.05) is 0 Å². The normalized spacial score (nSPS) is 12.3. The van der Waals surface area contributed by atoms with Crippen LogP contribution in [-0.4, -0.2) is 21.5 Å². The van der Waals surface area contributed by atoms with Crippen LogP contribution in [-0.2, 0) is 6.54 Å². The second kappa shape index (κ2) is 8.38. The summed E-state index contributed by atoms with van der Waals surface area (Å²) in [4.78, 5) is 30.0. The van der Waals surface area contributed by atoms with Crippen molar-refractivity contribution in [2.45, 2.75) is 46.7 Å². The lowest BCUT2D eigenvalue weighted by molar-refractivity contribution is 0.0939. The summed E-state index contributed by atoms with van der Waals surface area (Å²) in [6.45, 7) is 8.81. The van der Waals surface area contributed by atoms with Crippen molar-refractivity contribution in [2.24, 2.45) is 5.92 Å². The van der Waals surface area contributed by atoms with Crippen LogP contribution in [0.5, 0.6) is 0 Å². The first kappa shape index (κ1) is 19.8. The Labute approximate surface area is 165 Å². The van der Waals surface area contributed by atoms with E-state index in [1.165, 1.54) is 0 Å². The molecule has 2 aromatic carbocycles. The molecule has 5 heteroatoms. The maximum Gasteiger partial charge on any atom is 0.277 e. The third kappa shape index (κ3) is 4.14. The standard InChI is InChI=1S/C23H27N3O2/c1-5-16(4)24-22(27)18-12-10-17(11-13-18)21-23(28)26(14-15(2)3)20-9-7-6-8-19(20)25-21/h6-13,15-16H,5,14H2,1-4H3,(H,24,27)/t16-/m1/s1. The van der Waals surface area contributed by atoms with Gasteiger partial charge in [0.2, 0.25) is 0 Å². The molecule has 1 heterocycles. The number of hydrogen-bond donors (Lipinski definition) is 1. The second-order valence-electron chi connectivity index (χ2n) is 7.62. The molecule has 146 valence electrons. The number of para-hydroxylation sites is 2. The first-order valence-corrected chi connectivity index (χ1v) is 9.81. The van der Waals surface area contributed by atoms with Gasteiger partial charge < -0.3 is 9.88 Å². The van der Waals surface area contributed by atoms with Crippen LogP contribution in [0.15, 0.2) is 53.3 Å². The molecule has 0 fully saturated rings. The molecule has 5 nitrogen and oxygen atoms in total. The fraction of sp³-hybridized carbons (Fsp3) is 0.348. The number of amides is 1. The van der Waals surface area contributed by atoms with E-state index < -0.39 is 0 Å². The van der Waals surface area contributed by atoms with Gasteiger partial charge >= 0.3 is 0 Å². The smallest absolute Gasteiger partial charge is 0.277 e. The molecular formula is C23H27N3O2. The Hall–Kier alpha value is -2.95. The van der Waals surface area contributed by atoms with Gasteiger partial charge in [-0.05, 0) is 43.5 Å². The number of benzene rings is 2. The molecule has 0 radical (unpaired) electrons. The molecule has 0 aliphatic carbocycles. The molecule has 3 rings (SSSR count). The van der Waals surface area contributed by atoms with Crippen molar-refractivity contribution >= 4 is 16.9 Å². The lowest BCUT2D eigenvalue weighted by Gasteiger charge is -2.14. The highest BCUT2D eigenvalue weighted by atomic mass is 16.1. The summed E-state index contributed by atoms with van der Waals surface area (Å²) in [5.41, 5.74) is 3.23. The van der Waals surface area contributed by atoms with Crippen molar-refractivity contribution in [3.63, 3.8) is 0 Å². The SMILES string of the molecule is CC[C@@H](C)NC(=O)c1ccc(-c2nc3ccccc3n(CC(C)C)c2=O)cc1. The molecule has 0 aliphatic heterocycles. The average molecular weight is 377 g/mol. The maximum absolute atomic E-state index is 13.1. The minimum atomic E-state index is -0.107. The van der Waals surface area contributed by atoms with E-state index >= 15 is 0 Å². The van der Waals surface area contributed by atoms with Gasteiger partial charge in [0.15, 0.2) is 0 Å². The highest BCUT2D eigenvalue weighted by molar-refractivity contribution is 5.94. The van der Waals surface area contributed by atoms with Crippen LogP contribution in [0.1, 0.15) is 44.5 Å². The van der Waals surface area contributed by atoms with E-state index in [-0.39, 0.29) is 17.5 Å². The molecule has 1 atom stereocenters. The molecule has 3 aromatic rings. The minimum Gasteiger partial charge on any atom is -0.350 e. The molecule has 0 unspecified atom stereocenters. The first-order chi connectivity index (χ1) is 13.4. The zero-order valence-electron chi connectivity index (χ0n) is 16.9. The Morgan fingerprint density at radius 2 is 1.75 bits per heavy atom. The van der Waals surface area contributed by atoms with Crippen molar-refractivity contribution in [3.05, 3.63) is 64.4 Å². The average Bonchev–Trinajstić information content (AvgIpc) is 2.69. The maximum atomic E-state index is 13.1. The zero-order chi connectivity index (χ0) is 20.3. The van der Waals surface area contributed by atoms with Crippen molar-refractivity contribution in [1.29, 1.82) is 0 Å². The van der Waals surface area contributed by atoms with Crippen molar-refractivity contribution in [1.82, 2.24) is 14.9 Å². The monoisotopic (exact) mass is 377 g/mol. The minimum absolute atomic E-state index is 0.107. The van der Waals surface area contributed by atoms with E-state index in [1.807, 2.05) is 38.1 Å². The summed E-state index contributed by atoms with van der Waals surface area (Å²) >= 11 is 0. The van der Waals surface area contributed by atoms with Crippen molar-refractivity contribution < 1.29 is 4.79 Å². The van der Waals surface area contributed by atoms with E-state index in [2.05, 4.69) is 24.1 Å².